The minimum Gasteiger partial charge on any atom is -0.466 e. The van der Waals surface area contributed by atoms with Gasteiger partial charge in [-0.05, 0) is 52.9 Å². The standard InChI is InChI=1S/C26H52N2O5/c1-6-8-11-17-24(30)32-22-13-10-12-16-23(15-9-7-2)28(20-21-29)19-14-18-27-25(31)33-26(3,4)5/h23,29H,6-22H2,1-5H3,(H,27,31). The largest absolute Gasteiger partial charge is 0.466 e. The third kappa shape index (κ3) is 19.8. The molecule has 1 atom stereocenters. The van der Waals surface area contributed by atoms with Gasteiger partial charge in [-0.25, -0.2) is 4.79 Å². The van der Waals surface area contributed by atoms with Crippen molar-refractivity contribution in [1.29, 1.82) is 0 Å². The van der Waals surface area contributed by atoms with Gasteiger partial charge in [-0.2, -0.15) is 0 Å². The molecule has 0 aromatic carbocycles. The van der Waals surface area contributed by atoms with Crippen LogP contribution in [0.2, 0.25) is 0 Å². The first-order chi connectivity index (χ1) is 15.7. The van der Waals surface area contributed by atoms with E-state index in [1.807, 2.05) is 20.8 Å². The summed E-state index contributed by atoms with van der Waals surface area (Å²) in [6.07, 6.45) is 11.6. The van der Waals surface area contributed by atoms with Crippen LogP contribution in [0.4, 0.5) is 4.79 Å². The van der Waals surface area contributed by atoms with E-state index in [0.717, 1.165) is 77.2 Å². The van der Waals surface area contributed by atoms with Crippen molar-refractivity contribution in [3.05, 3.63) is 0 Å². The predicted molar refractivity (Wildman–Crippen MR) is 134 cm³/mol. The molecule has 0 heterocycles. The summed E-state index contributed by atoms with van der Waals surface area (Å²) < 4.78 is 10.6. The van der Waals surface area contributed by atoms with Crippen molar-refractivity contribution in [2.75, 3.05) is 32.8 Å². The molecule has 0 aromatic heterocycles. The monoisotopic (exact) mass is 472 g/mol. The smallest absolute Gasteiger partial charge is 0.407 e. The van der Waals surface area contributed by atoms with Gasteiger partial charge in [0, 0.05) is 32.1 Å². The third-order valence-electron chi connectivity index (χ3n) is 5.51. The van der Waals surface area contributed by atoms with E-state index in [9.17, 15) is 14.7 Å². The van der Waals surface area contributed by atoms with Crippen LogP contribution in [0, 0.1) is 0 Å². The van der Waals surface area contributed by atoms with Crippen LogP contribution in [0.15, 0.2) is 0 Å². The lowest BCUT2D eigenvalue weighted by Gasteiger charge is -2.31. The maximum Gasteiger partial charge on any atom is 0.407 e. The second-order valence-electron chi connectivity index (χ2n) is 9.86. The number of rotatable bonds is 20. The number of aliphatic hydroxyl groups excluding tert-OH is 1. The molecule has 1 unspecified atom stereocenters. The maximum atomic E-state index is 11.8. The number of carbonyl (C=O) groups excluding carboxylic acids is 2. The predicted octanol–water partition coefficient (Wildman–Crippen LogP) is 5.44. The molecule has 7 heteroatoms. The number of ether oxygens (including phenoxy) is 2. The normalized spacial score (nSPS) is 12.6. The van der Waals surface area contributed by atoms with Gasteiger partial charge >= 0.3 is 12.1 Å². The van der Waals surface area contributed by atoms with E-state index in [4.69, 9.17) is 9.47 Å². The van der Waals surface area contributed by atoms with Crippen LogP contribution >= 0.6 is 0 Å². The molecule has 0 aliphatic rings. The van der Waals surface area contributed by atoms with Crippen LogP contribution in [0.3, 0.4) is 0 Å². The summed E-state index contributed by atoms with van der Waals surface area (Å²) in [6, 6.07) is 0.426. The number of amides is 1. The average Bonchev–Trinajstić information content (AvgIpc) is 2.74. The SMILES string of the molecule is CCCCCC(=O)OCCCCCC(CCCC)N(CCO)CCCNC(=O)OC(C)(C)C. The minimum absolute atomic E-state index is 0.0709. The summed E-state index contributed by atoms with van der Waals surface area (Å²) in [5.74, 6) is -0.0709. The summed E-state index contributed by atoms with van der Waals surface area (Å²) in [5.41, 5.74) is -0.494. The minimum atomic E-state index is -0.494. The Balaban J connectivity index is 4.32. The highest BCUT2D eigenvalue weighted by atomic mass is 16.6. The van der Waals surface area contributed by atoms with Crippen LogP contribution in [-0.4, -0.2) is 66.6 Å². The van der Waals surface area contributed by atoms with Gasteiger partial charge in [-0.15, -0.1) is 0 Å². The quantitative estimate of drug-likeness (QED) is 0.181. The molecule has 0 fully saturated rings. The second kappa shape index (κ2) is 20.1. The molecule has 0 aromatic rings. The number of nitrogens with zero attached hydrogens (tertiary/aromatic N) is 1. The highest BCUT2D eigenvalue weighted by Crippen LogP contribution is 2.17. The molecule has 0 bridgehead atoms. The Morgan fingerprint density at radius 2 is 1.61 bits per heavy atom. The number of hydrogen-bond donors (Lipinski definition) is 2. The molecule has 0 saturated carbocycles. The average molecular weight is 473 g/mol. The van der Waals surface area contributed by atoms with Gasteiger partial charge in [0.2, 0.25) is 0 Å². The van der Waals surface area contributed by atoms with Crippen LogP contribution in [0.1, 0.15) is 112 Å². The van der Waals surface area contributed by atoms with Gasteiger partial charge in [-0.3, -0.25) is 9.69 Å². The molecular weight excluding hydrogens is 420 g/mol. The molecule has 0 rings (SSSR count). The summed E-state index contributed by atoms with van der Waals surface area (Å²) in [4.78, 5) is 25.9. The zero-order valence-corrected chi connectivity index (χ0v) is 22.1. The van der Waals surface area contributed by atoms with Crippen molar-refractivity contribution < 1.29 is 24.2 Å². The summed E-state index contributed by atoms with van der Waals surface area (Å²) >= 11 is 0. The first-order valence-electron chi connectivity index (χ1n) is 13.2. The van der Waals surface area contributed by atoms with Gasteiger partial charge in [0.1, 0.15) is 5.60 Å². The lowest BCUT2D eigenvalue weighted by Crippen LogP contribution is -2.40. The Kier molecular flexibility index (Phi) is 19.3. The van der Waals surface area contributed by atoms with Crippen LogP contribution in [-0.2, 0) is 14.3 Å². The van der Waals surface area contributed by atoms with Crippen molar-refractivity contribution in [3.8, 4) is 0 Å². The molecule has 1 amide bonds. The summed E-state index contributed by atoms with van der Waals surface area (Å²) in [5, 5.41) is 12.4. The van der Waals surface area contributed by atoms with E-state index in [0.29, 0.717) is 32.2 Å². The van der Waals surface area contributed by atoms with E-state index in [1.54, 1.807) is 0 Å². The molecule has 0 radical (unpaired) electrons. The number of esters is 1. The number of carbonyl (C=O) groups is 2. The van der Waals surface area contributed by atoms with E-state index < -0.39 is 5.60 Å². The van der Waals surface area contributed by atoms with Gasteiger partial charge in [-0.1, -0.05) is 52.4 Å². The van der Waals surface area contributed by atoms with Gasteiger partial charge in [0.25, 0.3) is 0 Å². The van der Waals surface area contributed by atoms with E-state index in [2.05, 4.69) is 24.1 Å². The summed E-state index contributed by atoms with van der Waals surface area (Å²) in [6.45, 7) is 12.6. The second-order valence-corrected chi connectivity index (χ2v) is 9.86. The van der Waals surface area contributed by atoms with Crippen LogP contribution in [0.5, 0.6) is 0 Å². The number of hydrogen-bond acceptors (Lipinski definition) is 6. The molecule has 33 heavy (non-hydrogen) atoms. The zero-order valence-electron chi connectivity index (χ0n) is 22.1. The van der Waals surface area contributed by atoms with Crippen molar-refractivity contribution >= 4 is 12.1 Å². The first kappa shape index (κ1) is 31.7. The maximum absolute atomic E-state index is 11.8. The Morgan fingerprint density at radius 3 is 2.24 bits per heavy atom. The van der Waals surface area contributed by atoms with Gasteiger partial charge in [0.15, 0.2) is 0 Å². The molecule has 0 spiro atoms. The Morgan fingerprint density at radius 1 is 0.909 bits per heavy atom. The van der Waals surface area contributed by atoms with Crippen LogP contribution in [0.25, 0.3) is 0 Å². The molecular formula is C26H52N2O5. The van der Waals surface area contributed by atoms with Crippen molar-refractivity contribution in [3.63, 3.8) is 0 Å². The lowest BCUT2D eigenvalue weighted by molar-refractivity contribution is -0.143. The zero-order chi connectivity index (χ0) is 25.0. The molecule has 0 aliphatic heterocycles. The van der Waals surface area contributed by atoms with E-state index >= 15 is 0 Å². The van der Waals surface area contributed by atoms with Gasteiger partial charge < -0.3 is 19.9 Å². The topological polar surface area (TPSA) is 88.1 Å². The Bertz CT molecular complexity index is 494. The number of unbranched alkanes of at least 4 members (excludes halogenated alkanes) is 5. The third-order valence-corrected chi connectivity index (χ3v) is 5.51. The first-order valence-corrected chi connectivity index (χ1v) is 13.2. The van der Waals surface area contributed by atoms with E-state index in [1.165, 1.54) is 0 Å². The Labute approximate surface area is 203 Å². The van der Waals surface area contributed by atoms with Crippen molar-refractivity contribution in [1.82, 2.24) is 10.2 Å². The number of nitrogens with one attached hydrogen (secondary N) is 1. The van der Waals surface area contributed by atoms with Crippen LogP contribution < -0.4 is 5.32 Å². The number of alkyl carbamates (subject to hydrolysis) is 1. The Hall–Kier alpha value is -1.34. The van der Waals surface area contributed by atoms with Crippen molar-refractivity contribution in [2.45, 2.75) is 123 Å². The van der Waals surface area contributed by atoms with E-state index in [-0.39, 0.29) is 18.7 Å². The fourth-order valence-electron chi connectivity index (χ4n) is 3.78. The van der Waals surface area contributed by atoms with Crippen molar-refractivity contribution in [2.24, 2.45) is 0 Å². The van der Waals surface area contributed by atoms with Gasteiger partial charge in [0.05, 0.1) is 13.2 Å². The lowest BCUT2D eigenvalue weighted by atomic mass is 10.0. The fourth-order valence-corrected chi connectivity index (χ4v) is 3.78. The fraction of sp³-hybridized carbons (Fsp3) is 0.923. The summed E-state index contributed by atoms with van der Waals surface area (Å²) in [7, 11) is 0. The molecule has 2 N–H and O–H groups in total. The highest BCUT2D eigenvalue weighted by molar-refractivity contribution is 5.69. The molecule has 7 nitrogen and oxygen atoms in total. The molecule has 0 aliphatic carbocycles. The highest BCUT2D eigenvalue weighted by Gasteiger charge is 2.18. The molecule has 0 saturated heterocycles. The molecule has 196 valence electrons. The number of aliphatic hydroxyl groups is 1.